The smallest absolute Gasteiger partial charge is 0.335 e. The number of benzene rings is 1. The first-order chi connectivity index (χ1) is 14.4. The Hall–Kier alpha value is -3.32. The molecule has 4 rings (SSSR count). The minimum atomic E-state index is -1.84. The molecule has 0 amide bonds. The van der Waals surface area contributed by atoms with E-state index in [1.165, 1.54) is 6.33 Å². The Kier molecular flexibility index (Phi) is 5.22. The molecule has 1 fully saturated rings. The quantitative estimate of drug-likeness (QED) is 0.277. The number of fused-ring (bicyclic) bond motifs is 1. The molecule has 6 N–H and O–H groups in total. The van der Waals surface area contributed by atoms with E-state index in [0.29, 0.717) is 0 Å². The molecule has 1 aliphatic heterocycles. The lowest BCUT2D eigenvalue weighted by Crippen LogP contribution is -2.62. The first-order valence-electron chi connectivity index (χ1n) is 9.00. The molecular weight excluding hydrogens is 398 g/mol. The molecule has 1 aromatic carbocycles. The van der Waals surface area contributed by atoms with Gasteiger partial charge in [-0.05, 0) is 5.56 Å². The highest BCUT2D eigenvalue weighted by atomic mass is 16.8. The Labute approximate surface area is 168 Å². The number of nitrogens with one attached hydrogen (secondary N) is 2. The fraction of sp³-hybridized carbons (Fsp3) is 0.333. The molecule has 2 aromatic heterocycles. The van der Waals surface area contributed by atoms with Crippen molar-refractivity contribution in [1.82, 2.24) is 19.7 Å². The van der Waals surface area contributed by atoms with Gasteiger partial charge in [0.05, 0.1) is 6.33 Å². The van der Waals surface area contributed by atoms with Crippen molar-refractivity contribution >= 4 is 17.1 Å². The SMILES string of the molecule is N=c1nc(Cc2ccccc2)n(O[C@@H]2O[C@H](C(=O)O)[C@@H](O)[C@H](O)[C@H]2O)c2nc[nH]c12. The molecule has 3 aromatic rings. The summed E-state index contributed by atoms with van der Waals surface area (Å²) < 4.78 is 6.31. The van der Waals surface area contributed by atoms with Crippen LogP contribution in [0.5, 0.6) is 0 Å². The van der Waals surface area contributed by atoms with Crippen molar-refractivity contribution < 1.29 is 34.8 Å². The normalized spacial score (nSPS) is 26.6. The molecule has 12 heteroatoms. The number of imidazole rings is 1. The Balaban J connectivity index is 1.75. The van der Waals surface area contributed by atoms with E-state index in [-0.39, 0.29) is 28.9 Å². The number of carboxylic acids is 1. The van der Waals surface area contributed by atoms with E-state index >= 15 is 0 Å². The number of aliphatic hydroxyl groups is 3. The third-order valence-corrected chi connectivity index (χ3v) is 4.75. The van der Waals surface area contributed by atoms with Crippen LogP contribution in [0, 0.1) is 5.41 Å². The zero-order chi connectivity index (χ0) is 21.4. The molecule has 0 spiro atoms. The van der Waals surface area contributed by atoms with Crippen LogP contribution in [0.1, 0.15) is 11.4 Å². The molecule has 0 saturated carbocycles. The number of carboxylic acid groups (broad SMARTS) is 1. The number of nitrogens with zero attached hydrogens (tertiary/aromatic N) is 3. The van der Waals surface area contributed by atoms with Crippen molar-refractivity contribution in [2.75, 3.05) is 0 Å². The molecule has 5 atom stereocenters. The zero-order valence-electron chi connectivity index (χ0n) is 15.4. The average molecular weight is 417 g/mol. The summed E-state index contributed by atoms with van der Waals surface area (Å²) in [7, 11) is 0. The number of aromatic amines is 1. The van der Waals surface area contributed by atoms with Crippen LogP contribution in [-0.4, -0.2) is 76.8 Å². The summed E-state index contributed by atoms with van der Waals surface area (Å²) in [5.74, 6) is -1.30. The Morgan fingerprint density at radius 3 is 2.63 bits per heavy atom. The largest absolute Gasteiger partial charge is 0.479 e. The van der Waals surface area contributed by atoms with E-state index in [1.54, 1.807) is 0 Å². The van der Waals surface area contributed by atoms with Crippen LogP contribution in [0.25, 0.3) is 11.2 Å². The minimum Gasteiger partial charge on any atom is -0.479 e. The molecule has 12 nitrogen and oxygen atoms in total. The molecule has 0 unspecified atom stereocenters. The number of H-pyrrole nitrogens is 1. The minimum absolute atomic E-state index is 0.0859. The maximum absolute atomic E-state index is 11.3. The second-order valence-electron chi connectivity index (χ2n) is 6.78. The molecule has 3 heterocycles. The van der Waals surface area contributed by atoms with Crippen LogP contribution in [0.2, 0.25) is 0 Å². The van der Waals surface area contributed by atoms with Gasteiger partial charge in [-0.15, -0.1) is 4.73 Å². The molecule has 1 aliphatic rings. The summed E-state index contributed by atoms with van der Waals surface area (Å²) >= 11 is 0. The summed E-state index contributed by atoms with van der Waals surface area (Å²) in [4.78, 5) is 28.1. The third kappa shape index (κ3) is 3.52. The predicted octanol–water partition coefficient (Wildman–Crippen LogP) is -1.85. The summed E-state index contributed by atoms with van der Waals surface area (Å²) in [6.07, 6.45) is -7.32. The Bertz CT molecular complexity index is 1120. The van der Waals surface area contributed by atoms with Gasteiger partial charge in [-0.2, -0.15) is 0 Å². The van der Waals surface area contributed by atoms with E-state index in [1.807, 2.05) is 30.3 Å². The lowest BCUT2D eigenvalue weighted by atomic mass is 9.99. The van der Waals surface area contributed by atoms with Gasteiger partial charge >= 0.3 is 5.97 Å². The van der Waals surface area contributed by atoms with E-state index in [9.17, 15) is 25.2 Å². The fourth-order valence-electron chi connectivity index (χ4n) is 3.21. The predicted molar refractivity (Wildman–Crippen MR) is 97.9 cm³/mol. The van der Waals surface area contributed by atoms with E-state index in [2.05, 4.69) is 15.0 Å². The number of aromatic nitrogens is 4. The van der Waals surface area contributed by atoms with Crippen LogP contribution in [-0.2, 0) is 16.0 Å². The second kappa shape index (κ2) is 7.84. The van der Waals surface area contributed by atoms with Gasteiger partial charge in [-0.3, -0.25) is 5.41 Å². The van der Waals surface area contributed by atoms with Gasteiger partial charge in [-0.1, -0.05) is 30.3 Å². The monoisotopic (exact) mass is 417 g/mol. The molecule has 0 radical (unpaired) electrons. The van der Waals surface area contributed by atoms with Gasteiger partial charge in [0.15, 0.2) is 23.1 Å². The molecule has 0 aliphatic carbocycles. The first-order valence-corrected chi connectivity index (χ1v) is 9.00. The topological polar surface area (TPSA) is 187 Å². The molecule has 0 bridgehead atoms. The highest BCUT2D eigenvalue weighted by Gasteiger charge is 2.48. The van der Waals surface area contributed by atoms with Crippen molar-refractivity contribution in [3.05, 3.63) is 53.5 Å². The van der Waals surface area contributed by atoms with Crippen LogP contribution < -0.4 is 10.3 Å². The summed E-state index contributed by atoms with van der Waals surface area (Å²) in [6.45, 7) is 0. The van der Waals surface area contributed by atoms with Gasteiger partial charge in [-0.25, -0.2) is 14.8 Å². The van der Waals surface area contributed by atoms with E-state index in [0.717, 1.165) is 10.3 Å². The first kappa shape index (κ1) is 20.0. The Morgan fingerprint density at radius 2 is 1.93 bits per heavy atom. The average Bonchev–Trinajstić information content (AvgIpc) is 3.22. The molecule has 30 heavy (non-hydrogen) atoms. The maximum atomic E-state index is 11.3. The van der Waals surface area contributed by atoms with Gasteiger partial charge in [0.25, 0.3) is 6.29 Å². The third-order valence-electron chi connectivity index (χ3n) is 4.75. The number of ether oxygens (including phenoxy) is 1. The van der Waals surface area contributed by atoms with Crippen LogP contribution >= 0.6 is 0 Å². The van der Waals surface area contributed by atoms with Crippen molar-refractivity contribution in [2.45, 2.75) is 37.1 Å². The zero-order valence-corrected chi connectivity index (χ0v) is 15.4. The number of hydrogen-bond donors (Lipinski definition) is 6. The standard InChI is InChI=1S/C18H19N5O7/c19-15-10-16(21-7-20-10)23(9(22-15)6-8-4-2-1-3-5-8)30-18-13(26)11(24)12(25)14(29-18)17(27)28/h1-5,7,11-14,18-19,24-26H,6H2,(H,20,21)(H,27,28)/t11-,12-,13+,14-,18-/m0/s1. The van der Waals surface area contributed by atoms with Gasteiger partial charge in [0.2, 0.25) is 0 Å². The fourth-order valence-corrected chi connectivity index (χ4v) is 3.21. The summed E-state index contributed by atoms with van der Waals surface area (Å²) in [6, 6.07) is 9.20. The molecule has 158 valence electrons. The van der Waals surface area contributed by atoms with Crippen LogP contribution in [0.3, 0.4) is 0 Å². The lowest BCUT2D eigenvalue weighted by molar-refractivity contribution is -0.293. The van der Waals surface area contributed by atoms with Gasteiger partial charge in [0, 0.05) is 6.42 Å². The summed E-state index contributed by atoms with van der Waals surface area (Å²) in [5, 5.41) is 47.5. The van der Waals surface area contributed by atoms with Crippen molar-refractivity contribution in [3.63, 3.8) is 0 Å². The second-order valence-corrected chi connectivity index (χ2v) is 6.78. The summed E-state index contributed by atoms with van der Waals surface area (Å²) in [5.41, 5.74) is 1.16. The number of carbonyl (C=O) groups is 1. The number of aliphatic carboxylic acids is 1. The Morgan fingerprint density at radius 1 is 1.20 bits per heavy atom. The van der Waals surface area contributed by atoms with E-state index in [4.69, 9.17) is 15.0 Å². The van der Waals surface area contributed by atoms with Crippen molar-refractivity contribution in [1.29, 1.82) is 5.41 Å². The van der Waals surface area contributed by atoms with Gasteiger partial charge in [0.1, 0.15) is 23.8 Å². The van der Waals surface area contributed by atoms with Gasteiger partial charge < -0.3 is 35.0 Å². The molecule has 1 saturated heterocycles. The van der Waals surface area contributed by atoms with E-state index < -0.39 is 36.7 Å². The highest BCUT2D eigenvalue weighted by Crippen LogP contribution is 2.22. The number of rotatable bonds is 5. The van der Waals surface area contributed by atoms with Crippen LogP contribution in [0.4, 0.5) is 0 Å². The molecular formula is C18H19N5O7. The highest BCUT2D eigenvalue weighted by molar-refractivity contribution is 5.73. The lowest BCUT2D eigenvalue weighted by Gasteiger charge is -2.38. The maximum Gasteiger partial charge on any atom is 0.335 e. The van der Waals surface area contributed by atoms with Crippen molar-refractivity contribution in [3.8, 4) is 0 Å². The van der Waals surface area contributed by atoms with Crippen LogP contribution in [0.15, 0.2) is 36.7 Å². The number of aliphatic hydroxyl groups excluding tert-OH is 3. The number of hydrogen-bond acceptors (Lipinski definition) is 9. The van der Waals surface area contributed by atoms with Crippen molar-refractivity contribution in [2.24, 2.45) is 0 Å².